The summed E-state index contributed by atoms with van der Waals surface area (Å²) in [6, 6.07) is 25.6. The number of hydrogen-bond donors (Lipinski definition) is 2. The predicted molar refractivity (Wildman–Crippen MR) is 114 cm³/mol. The van der Waals surface area contributed by atoms with Crippen LogP contribution in [0.5, 0.6) is 0 Å². The topological polar surface area (TPSA) is 49.3 Å². The molecule has 1 atom stereocenters. The van der Waals surface area contributed by atoms with Gasteiger partial charge in [0.2, 0.25) is 0 Å². The standard InChI is InChI=1S/C25H27NO2/c1-3-7-19-10-12-22(13-11-19)24(27)26-18-25(2,28)23-16-14-21(15-17-23)20-8-5-4-6-9-20/h4-6,8-17,28H,3,7,18H2,1-2H3,(H,26,27). The third-order valence-electron chi connectivity index (χ3n) is 4.96. The van der Waals surface area contributed by atoms with Crippen LogP contribution in [0, 0.1) is 0 Å². The number of nitrogens with one attached hydrogen (secondary N) is 1. The number of rotatable bonds is 7. The molecule has 3 heteroatoms. The molecular formula is C25H27NO2. The quantitative estimate of drug-likeness (QED) is 0.616. The van der Waals surface area contributed by atoms with Gasteiger partial charge in [0, 0.05) is 5.56 Å². The Labute approximate surface area is 167 Å². The van der Waals surface area contributed by atoms with Crippen LogP contribution in [-0.2, 0) is 12.0 Å². The van der Waals surface area contributed by atoms with Crippen molar-refractivity contribution in [1.82, 2.24) is 5.32 Å². The zero-order valence-electron chi connectivity index (χ0n) is 16.5. The molecule has 0 aromatic heterocycles. The van der Waals surface area contributed by atoms with E-state index < -0.39 is 5.60 Å². The molecule has 0 aliphatic heterocycles. The van der Waals surface area contributed by atoms with Gasteiger partial charge in [0.05, 0.1) is 6.54 Å². The first-order valence-electron chi connectivity index (χ1n) is 9.75. The number of aliphatic hydroxyl groups is 1. The lowest BCUT2D eigenvalue weighted by atomic mass is 9.93. The molecule has 0 fully saturated rings. The molecule has 0 aliphatic carbocycles. The van der Waals surface area contributed by atoms with Crippen molar-refractivity contribution < 1.29 is 9.90 Å². The Hall–Kier alpha value is -2.91. The highest BCUT2D eigenvalue weighted by molar-refractivity contribution is 5.94. The van der Waals surface area contributed by atoms with Gasteiger partial charge in [-0.1, -0.05) is 80.1 Å². The molecule has 0 aliphatic rings. The van der Waals surface area contributed by atoms with Crippen LogP contribution in [0.25, 0.3) is 11.1 Å². The summed E-state index contributed by atoms with van der Waals surface area (Å²) in [5.74, 6) is -0.177. The molecule has 3 rings (SSSR count). The second kappa shape index (κ2) is 8.85. The lowest BCUT2D eigenvalue weighted by molar-refractivity contribution is 0.0526. The molecule has 1 amide bonds. The van der Waals surface area contributed by atoms with Gasteiger partial charge >= 0.3 is 0 Å². The van der Waals surface area contributed by atoms with Crippen molar-refractivity contribution >= 4 is 5.91 Å². The van der Waals surface area contributed by atoms with Gasteiger partial charge in [-0.25, -0.2) is 0 Å². The largest absolute Gasteiger partial charge is 0.384 e. The third-order valence-corrected chi connectivity index (χ3v) is 4.96. The van der Waals surface area contributed by atoms with Gasteiger partial charge in [-0.15, -0.1) is 0 Å². The van der Waals surface area contributed by atoms with Crippen LogP contribution in [0.4, 0.5) is 0 Å². The molecule has 0 bridgehead atoms. The maximum Gasteiger partial charge on any atom is 0.251 e. The molecule has 3 nitrogen and oxygen atoms in total. The Morgan fingerprint density at radius 3 is 2.11 bits per heavy atom. The molecule has 3 aromatic rings. The van der Waals surface area contributed by atoms with Gasteiger partial charge in [0.1, 0.15) is 5.60 Å². The minimum absolute atomic E-state index is 0.146. The van der Waals surface area contributed by atoms with Gasteiger partial charge in [-0.3, -0.25) is 4.79 Å². The fraction of sp³-hybridized carbons (Fsp3) is 0.240. The van der Waals surface area contributed by atoms with E-state index in [9.17, 15) is 9.90 Å². The number of benzene rings is 3. The Bertz CT molecular complexity index is 898. The number of carbonyl (C=O) groups excluding carboxylic acids is 1. The summed E-state index contributed by atoms with van der Waals surface area (Å²) in [5.41, 5.74) is 3.68. The second-order valence-electron chi connectivity index (χ2n) is 7.35. The SMILES string of the molecule is CCCc1ccc(C(=O)NCC(C)(O)c2ccc(-c3ccccc3)cc2)cc1. The summed E-state index contributed by atoms with van der Waals surface area (Å²) >= 11 is 0. The number of amides is 1. The van der Waals surface area contributed by atoms with Crippen LogP contribution < -0.4 is 5.32 Å². The zero-order valence-corrected chi connectivity index (χ0v) is 16.5. The van der Waals surface area contributed by atoms with Crippen molar-refractivity contribution in [1.29, 1.82) is 0 Å². The van der Waals surface area contributed by atoms with E-state index in [1.165, 1.54) is 5.56 Å². The van der Waals surface area contributed by atoms with E-state index >= 15 is 0 Å². The molecule has 0 heterocycles. The van der Waals surface area contributed by atoms with Crippen LogP contribution in [0.15, 0.2) is 78.9 Å². The van der Waals surface area contributed by atoms with E-state index in [4.69, 9.17) is 0 Å². The molecule has 2 N–H and O–H groups in total. The van der Waals surface area contributed by atoms with Crippen molar-refractivity contribution in [2.45, 2.75) is 32.3 Å². The summed E-state index contributed by atoms with van der Waals surface area (Å²) in [7, 11) is 0. The number of hydrogen-bond acceptors (Lipinski definition) is 2. The van der Waals surface area contributed by atoms with E-state index in [0.29, 0.717) is 5.56 Å². The van der Waals surface area contributed by atoms with Crippen molar-refractivity contribution in [3.63, 3.8) is 0 Å². The average molecular weight is 373 g/mol. The molecule has 3 aromatic carbocycles. The molecule has 0 spiro atoms. The van der Waals surface area contributed by atoms with Crippen molar-refractivity contribution in [3.8, 4) is 11.1 Å². The summed E-state index contributed by atoms with van der Waals surface area (Å²) in [6.07, 6.45) is 2.09. The molecular weight excluding hydrogens is 346 g/mol. The van der Waals surface area contributed by atoms with Crippen LogP contribution >= 0.6 is 0 Å². The Balaban J connectivity index is 1.63. The maximum atomic E-state index is 12.4. The van der Waals surface area contributed by atoms with Gasteiger partial charge in [-0.2, -0.15) is 0 Å². The zero-order chi connectivity index (χ0) is 20.0. The molecule has 1 unspecified atom stereocenters. The van der Waals surface area contributed by atoms with E-state index in [0.717, 1.165) is 29.5 Å². The minimum atomic E-state index is -1.15. The van der Waals surface area contributed by atoms with Crippen molar-refractivity contribution in [3.05, 3.63) is 95.6 Å². The van der Waals surface area contributed by atoms with Gasteiger partial charge in [0.15, 0.2) is 0 Å². The van der Waals surface area contributed by atoms with Crippen LogP contribution in [0.2, 0.25) is 0 Å². The van der Waals surface area contributed by atoms with E-state index in [-0.39, 0.29) is 12.5 Å². The van der Waals surface area contributed by atoms with Crippen molar-refractivity contribution in [2.24, 2.45) is 0 Å². The Morgan fingerprint density at radius 1 is 0.893 bits per heavy atom. The minimum Gasteiger partial charge on any atom is -0.384 e. The summed E-state index contributed by atoms with van der Waals surface area (Å²) in [5, 5.41) is 13.7. The molecule has 0 saturated heterocycles. The fourth-order valence-corrected chi connectivity index (χ4v) is 3.22. The first-order valence-corrected chi connectivity index (χ1v) is 9.75. The normalized spacial score (nSPS) is 13.0. The summed E-state index contributed by atoms with van der Waals surface area (Å²) in [6.45, 7) is 4.00. The number of aryl methyl sites for hydroxylation is 1. The second-order valence-corrected chi connectivity index (χ2v) is 7.35. The van der Waals surface area contributed by atoms with Crippen LogP contribution in [-0.4, -0.2) is 17.6 Å². The first kappa shape index (κ1) is 19.8. The molecule has 144 valence electrons. The van der Waals surface area contributed by atoms with Gasteiger partial charge in [-0.05, 0) is 47.7 Å². The van der Waals surface area contributed by atoms with Gasteiger partial charge < -0.3 is 10.4 Å². The average Bonchev–Trinajstić information content (AvgIpc) is 2.74. The fourth-order valence-electron chi connectivity index (χ4n) is 3.22. The summed E-state index contributed by atoms with van der Waals surface area (Å²) in [4.78, 5) is 12.4. The van der Waals surface area contributed by atoms with Crippen molar-refractivity contribution in [2.75, 3.05) is 6.54 Å². The Kier molecular flexibility index (Phi) is 6.27. The molecule has 28 heavy (non-hydrogen) atoms. The van der Waals surface area contributed by atoms with Crippen LogP contribution in [0.1, 0.15) is 41.8 Å². The maximum absolute atomic E-state index is 12.4. The lowest BCUT2D eigenvalue weighted by Gasteiger charge is -2.24. The third kappa shape index (κ3) is 4.87. The van der Waals surface area contributed by atoms with Crippen LogP contribution in [0.3, 0.4) is 0 Å². The van der Waals surface area contributed by atoms with Gasteiger partial charge in [0.25, 0.3) is 5.91 Å². The highest BCUT2D eigenvalue weighted by atomic mass is 16.3. The Morgan fingerprint density at radius 2 is 1.50 bits per heavy atom. The molecule has 0 saturated carbocycles. The first-order chi connectivity index (χ1) is 13.5. The predicted octanol–water partition coefficient (Wildman–Crippen LogP) is 4.94. The highest BCUT2D eigenvalue weighted by Crippen LogP contribution is 2.25. The monoisotopic (exact) mass is 373 g/mol. The van der Waals surface area contributed by atoms with E-state index in [2.05, 4.69) is 24.4 Å². The van der Waals surface area contributed by atoms with E-state index in [1.807, 2.05) is 66.7 Å². The lowest BCUT2D eigenvalue weighted by Crippen LogP contribution is -2.38. The van der Waals surface area contributed by atoms with E-state index in [1.54, 1.807) is 6.92 Å². The number of carbonyl (C=O) groups is 1. The molecule has 0 radical (unpaired) electrons. The highest BCUT2D eigenvalue weighted by Gasteiger charge is 2.24. The summed E-state index contributed by atoms with van der Waals surface area (Å²) < 4.78 is 0. The smallest absolute Gasteiger partial charge is 0.251 e.